The van der Waals surface area contributed by atoms with Gasteiger partial charge in [-0.25, -0.2) is 4.79 Å². The van der Waals surface area contributed by atoms with Gasteiger partial charge in [-0.2, -0.15) is 0 Å². The number of nitrogens with zero attached hydrogens (tertiary/aromatic N) is 1. The molecule has 0 spiro atoms. The van der Waals surface area contributed by atoms with E-state index >= 15 is 0 Å². The summed E-state index contributed by atoms with van der Waals surface area (Å²) in [4.78, 5) is 30.4. The Balaban J connectivity index is 1.62. The molecule has 6 nitrogen and oxygen atoms in total. The van der Waals surface area contributed by atoms with Gasteiger partial charge >= 0.3 is 6.09 Å². The molecule has 1 aliphatic carbocycles. The molecule has 0 unspecified atom stereocenters. The number of aromatic amines is 1. The number of aromatic nitrogens is 1. The summed E-state index contributed by atoms with van der Waals surface area (Å²) in [5.74, 6) is -0.150. The summed E-state index contributed by atoms with van der Waals surface area (Å²) < 4.78 is 0. The molecule has 1 fully saturated rings. The van der Waals surface area contributed by atoms with Crippen molar-refractivity contribution in [2.45, 2.75) is 57.2 Å². The fourth-order valence-electron chi connectivity index (χ4n) is 4.63. The molecule has 3 N–H and O–H groups in total. The number of carbonyl (C=O) groups is 2. The molecular formula is C25H29N3O3. The van der Waals surface area contributed by atoms with Crippen molar-refractivity contribution in [3.05, 3.63) is 71.9 Å². The normalized spacial score (nSPS) is 15.5. The predicted molar refractivity (Wildman–Crippen MR) is 121 cm³/mol. The first-order valence-electron chi connectivity index (χ1n) is 11.0. The number of H-pyrrole nitrogens is 1. The van der Waals surface area contributed by atoms with Gasteiger partial charge in [0.15, 0.2) is 0 Å². The Hall–Kier alpha value is -3.28. The number of rotatable bonds is 7. The summed E-state index contributed by atoms with van der Waals surface area (Å²) >= 11 is 0. The van der Waals surface area contributed by atoms with Gasteiger partial charge in [-0.05, 0) is 30.0 Å². The van der Waals surface area contributed by atoms with Crippen molar-refractivity contribution in [3.8, 4) is 0 Å². The average Bonchev–Trinajstić information content (AvgIpc) is 3.20. The second-order valence-electron chi connectivity index (χ2n) is 8.31. The third-order valence-electron chi connectivity index (χ3n) is 6.19. The first kappa shape index (κ1) is 21.0. The van der Waals surface area contributed by atoms with Crippen LogP contribution in [0.5, 0.6) is 0 Å². The standard InChI is InChI=1S/C25H29N3O3/c29-24(28(20-11-5-2-6-12-20)17-18-9-3-1-4-10-18)23(27-25(30)31)15-19-16-26-22-14-8-7-13-21(19)22/h1,3-4,7-10,13-14,16,20,23,26-27H,2,5-6,11-12,15,17H2,(H,30,31)/t23-/m0/s1. The van der Waals surface area contributed by atoms with E-state index in [1.807, 2.05) is 65.7 Å². The van der Waals surface area contributed by atoms with Gasteiger partial charge in [0.25, 0.3) is 0 Å². The molecule has 1 atom stereocenters. The third kappa shape index (κ3) is 5.08. The fraction of sp³-hybridized carbons (Fsp3) is 0.360. The van der Waals surface area contributed by atoms with Crippen molar-refractivity contribution in [1.29, 1.82) is 0 Å². The number of para-hydroxylation sites is 1. The summed E-state index contributed by atoms with van der Waals surface area (Å²) in [5.41, 5.74) is 2.97. The summed E-state index contributed by atoms with van der Waals surface area (Å²) in [6.45, 7) is 0.496. The Bertz CT molecular complexity index is 1020. The summed E-state index contributed by atoms with van der Waals surface area (Å²) in [6, 6.07) is 17.1. The minimum atomic E-state index is -1.18. The van der Waals surface area contributed by atoms with Crippen LogP contribution in [-0.2, 0) is 17.8 Å². The van der Waals surface area contributed by atoms with Gasteiger partial charge in [-0.15, -0.1) is 0 Å². The zero-order valence-corrected chi connectivity index (χ0v) is 17.6. The highest BCUT2D eigenvalue weighted by atomic mass is 16.4. The molecule has 1 saturated carbocycles. The molecule has 1 aromatic heterocycles. The van der Waals surface area contributed by atoms with Gasteiger partial charge in [0, 0.05) is 36.1 Å². The van der Waals surface area contributed by atoms with E-state index < -0.39 is 12.1 Å². The Labute approximate surface area is 182 Å². The maximum atomic E-state index is 13.7. The van der Waals surface area contributed by atoms with Gasteiger partial charge < -0.3 is 20.3 Å². The van der Waals surface area contributed by atoms with E-state index in [1.165, 1.54) is 6.42 Å². The summed E-state index contributed by atoms with van der Waals surface area (Å²) in [7, 11) is 0. The Morgan fingerprint density at radius 2 is 1.74 bits per heavy atom. The van der Waals surface area contributed by atoms with Crippen molar-refractivity contribution in [2.75, 3.05) is 0 Å². The number of hydrogen-bond donors (Lipinski definition) is 3. The van der Waals surface area contributed by atoms with E-state index in [2.05, 4.69) is 10.3 Å². The molecule has 0 bridgehead atoms. The third-order valence-corrected chi connectivity index (χ3v) is 6.19. The lowest BCUT2D eigenvalue weighted by molar-refractivity contribution is -0.137. The summed E-state index contributed by atoms with van der Waals surface area (Å²) in [5, 5.41) is 13.0. The second kappa shape index (κ2) is 9.69. The van der Waals surface area contributed by atoms with Crippen LogP contribution in [-0.4, -0.2) is 39.1 Å². The second-order valence-corrected chi connectivity index (χ2v) is 8.31. The average molecular weight is 420 g/mol. The number of carboxylic acid groups (broad SMARTS) is 1. The van der Waals surface area contributed by atoms with Crippen LogP contribution in [0.15, 0.2) is 60.8 Å². The van der Waals surface area contributed by atoms with Gasteiger partial charge in [0.2, 0.25) is 5.91 Å². The highest BCUT2D eigenvalue weighted by Crippen LogP contribution is 2.26. The van der Waals surface area contributed by atoms with Gasteiger partial charge in [0.1, 0.15) is 6.04 Å². The molecule has 1 heterocycles. The number of fused-ring (bicyclic) bond motifs is 1. The molecule has 2 amide bonds. The van der Waals surface area contributed by atoms with E-state index in [1.54, 1.807) is 0 Å². The van der Waals surface area contributed by atoms with Gasteiger partial charge in [0.05, 0.1) is 0 Å². The monoisotopic (exact) mass is 419 g/mol. The molecule has 2 aromatic carbocycles. The van der Waals surface area contributed by atoms with Crippen LogP contribution in [0, 0.1) is 0 Å². The van der Waals surface area contributed by atoms with Crippen LogP contribution < -0.4 is 5.32 Å². The number of amides is 2. The maximum absolute atomic E-state index is 13.7. The summed E-state index contributed by atoms with van der Waals surface area (Å²) in [6.07, 6.45) is 6.32. The molecule has 4 rings (SSSR count). The zero-order chi connectivity index (χ0) is 21.6. The molecular weight excluding hydrogens is 390 g/mol. The molecule has 1 aliphatic rings. The van der Waals surface area contributed by atoms with Crippen LogP contribution in [0.3, 0.4) is 0 Å². The van der Waals surface area contributed by atoms with Crippen molar-refractivity contribution in [3.63, 3.8) is 0 Å². The van der Waals surface area contributed by atoms with Crippen LogP contribution in [0.1, 0.15) is 43.2 Å². The Morgan fingerprint density at radius 1 is 1.03 bits per heavy atom. The number of nitrogens with one attached hydrogen (secondary N) is 2. The van der Waals surface area contributed by atoms with Crippen molar-refractivity contribution in [2.24, 2.45) is 0 Å². The molecule has 3 aromatic rings. The number of benzene rings is 2. The van der Waals surface area contributed by atoms with Gasteiger partial charge in [-0.1, -0.05) is 67.8 Å². The highest BCUT2D eigenvalue weighted by molar-refractivity contribution is 5.88. The first-order valence-corrected chi connectivity index (χ1v) is 11.0. The Morgan fingerprint density at radius 3 is 2.48 bits per heavy atom. The molecule has 162 valence electrons. The molecule has 0 radical (unpaired) electrons. The van der Waals surface area contributed by atoms with Crippen molar-refractivity contribution in [1.82, 2.24) is 15.2 Å². The lowest BCUT2D eigenvalue weighted by Gasteiger charge is -2.36. The Kier molecular flexibility index (Phi) is 6.55. The smallest absolute Gasteiger partial charge is 0.405 e. The van der Waals surface area contributed by atoms with E-state index in [9.17, 15) is 14.7 Å². The topological polar surface area (TPSA) is 85.4 Å². The first-order chi connectivity index (χ1) is 15.1. The minimum absolute atomic E-state index is 0.141. The lowest BCUT2D eigenvalue weighted by atomic mass is 9.92. The molecule has 31 heavy (non-hydrogen) atoms. The molecule has 6 heteroatoms. The predicted octanol–water partition coefficient (Wildman–Crippen LogP) is 4.71. The van der Waals surface area contributed by atoms with E-state index in [4.69, 9.17) is 0 Å². The van der Waals surface area contributed by atoms with Crippen LogP contribution in [0.2, 0.25) is 0 Å². The van der Waals surface area contributed by atoms with Crippen LogP contribution in [0.4, 0.5) is 4.79 Å². The van der Waals surface area contributed by atoms with Gasteiger partial charge in [-0.3, -0.25) is 4.79 Å². The fourth-order valence-corrected chi connectivity index (χ4v) is 4.63. The van der Waals surface area contributed by atoms with E-state index in [-0.39, 0.29) is 11.9 Å². The lowest BCUT2D eigenvalue weighted by Crippen LogP contribution is -2.52. The van der Waals surface area contributed by atoms with Crippen LogP contribution in [0.25, 0.3) is 10.9 Å². The largest absolute Gasteiger partial charge is 0.465 e. The van der Waals surface area contributed by atoms with Crippen molar-refractivity contribution < 1.29 is 14.7 Å². The zero-order valence-electron chi connectivity index (χ0n) is 17.6. The maximum Gasteiger partial charge on any atom is 0.405 e. The number of hydrogen-bond acceptors (Lipinski definition) is 2. The highest BCUT2D eigenvalue weighted by Gasteiger charge is 2.32. The van der Waals surface area contributed by atoms with Crippen molar-refractivity contribution >= 4 is 22.9 Å². The molecule has 0 aliphatic heterocycles. The van der Waals surface area contributed by atoms with Crippen LogP contribution >= 0.6 is 0 Å². The SMILES string of the molecule is O=C(O)N[C@@H](Cc1c[nH]c2ccccc12)C(=O)N(Cc1ccccc1)C1CCCCC1. The minimum Gasteiger partial charge on any atom is -0.465 e. The van der Waals surface area contributed by atoms with E-state index in [0.29, 0.717) is 13.0 Å². The number of carbonyl (C=O) groups excluding carboxylic acids is 1. The van der Waals surface area contributed by atoms with E-state index in [0.717, 1.165) is 47.7 Å². The quantitative estimate of drug-likeness (QED) is 0.518. The molecule has 0 saturated heterocycles.